The monoisotopic (exact) mass is 1250 g/mol. The average Bonchev–Trinajstić information content (AvgIpc) is 1.22. The Hall–Kier alpha value is -7.88. The summed E-state index contributed by atoms with van der Waals surface area (Å²) in [6.45, 7) is 43.1. The van der Waals surface area contributed by atoms with E-state index in [1.807, 2.05) is 72.8 Å². The molecule has 1 fully saturated rings. The Balaban J connectivity index is 0.000000141. The molecule has 2 atom stereocenters. The van der Waals surface area contributed by atoms with Gasteiger partial charge in [-0.3, -0.25) is 0 Å². The van der Waals surface area contributed by atoms with Crippen LogP contribution in [0.25, 0.3) is 74.4 Å². The van der Waals surface area contributed by atoms with E-state index < -0.39 is 0 Å². The predicted molar refractivity (Wildman–Crippen MR) is 380 cm³/mol. The highest BCUT2D eigenvalue weighted by atomic mass is 32.1. The molecule has 2 unspecified atom stereocenters. The highest BCUT2D eigenvalue weighted by Gasteiger charge is 2.43. The Morgan fingerprint density at radius 2 is 1.21 bits per heavy atom. The molecule has 5 aromatic carbocycles. The van der Waals surface area contributed by atoms with Crippen LogP contribution in [0, 0.1) is 23.3 Å². The smallest absolute Gasteiger partial charge is 0.346 e. The molecule has 0 spiro atoms. The zero-order chi connectivity index (χ0) is 63.8. The van der Waals surface area contributed by atoms with Crippen LogP contribution in [-0.4, -0.2) is 61.4 Å². The van der Waals surface area contributed by atoms with Crippen molar-refractivity contribution in [2.75, 3.05) is 54.0 Å². The van der Waals surface area contributed by atoms with Gasteiger partial charge >= 0.3 is 11.3 Å². The van der Waals surface area contributed by atoms with Gasteiger partial charge in [-0.15, -0.1) is 22.7 Å². The van der Waals surface area contributed by atoms with Crippen molar-refractivity contribution >= 4 is 88.2 Å². The van der Waals surface area contributed by atoms with Gasteiger partial charge in [-0.05, 0) is 174 Å². The fourth-order valence-corrected chi connectivity index (χ4v) is 15.9. The zero-order valence-electron chi connectivity index (χ0n) is 54.5. The van der Waals surface area contributed by atoms with Crippen LogP contribution in [-0.2, 0) is 26.4 Å². The summed E-state index contributed by atoms with van der Waals surface area (Å²) in [4.78, 5) is 45.8. The first kappa shape index (κ1) is 64.6. The maximum absolute atomic E-state index is 13.2. The molecule has 14 rings (SSSR count). The van der Waals surface area contributed by atoms with Crippen molar-refractivity contribution in [3.05, 3.63) is 174 Å². The quantitative estimate of drug-likeness (QED) is 0.0858. The van der Waals surface area contributed by atoms with E-state index in [0.29, 0.717) is 34.6 Å². The van der Waals surface area contributed by atoms with Crippen LogP contribution >= 0.6 is 22.7 Å². The van der Waals surface area contributed by atoms with Crippen LogP contribution in [0.4, 0.5) is 17.1 Å². The number of thiazole rings is 2. The summed E-state index contributed by atoms with van der Waals surface area (Å²) in [6, 6.07) is 34.9. The molecule has 5 aliphatic rings. The summed E-state index contributed by atoms with van der Waals surface area (Å²) in [5, 5.41) is 12.8. The lowest BCUT2D eigenvalue weighted by Crippen LogP contribution is -2.44. The minimum absolute atomic E-state index is 0. The molecule has 1 saturated heterocycles. The summed E-state index contributed by atoms with van der Waals surface area (Å²) < 4.78 is 20.3. The second-order valence-corrected chi connectivity index (χ2v) is 30.8. The topological polar surface area (TPSA) is 133 Å². The normalized spacial score (nSPS) is 19.7. The van der Waals surface area contributed by atoms with Gasteiger partial charge in [0, 0.05) is 78.7 Å². The Labute approximate surface area is 544 Å². The first-order chi connectivity index (χ1) is 42.8. The van der Waals surface area contributed by atoms with Gasteiger partial charge < -0.3 is 28.3 Å². The maximum atomic E-state index is 13.2. The number of hydrogen-bond acceptors (Lipinski definition) is 13. The molecule has 0 amide bonds. The number of anilines is 3. The van der Waals surface area contributed by atoms with Gasteiger partial charge in [0.1, 0.15) is 21.2 Å². The van der Waals surface area contributed by atoms with Crippen molar-refractivity contribution in [1.82, 2.24) is 9.97 Å². The van der Waals surface area contributed by atoms with Gasteiger partial charge in [-0.1, -0.05) is 120 Å². The first-order valence-corrected chi connectivity index (χ1v) is 33.7. The number of rotatable bonds is 7. The molecule has 5 aliphatic heterocycles. The number of hydrogen-bond donors (Lipinski definition) is 0. The third kappa shape index (κ3) is 12.4. The molecule has 91 heavy (non-hydrogen) atoms. The Morgan fingerprint density at radius 3 is 1.74 bits per heavy atom. The van der Waals surface area contributed by atoms with Crippen LogP contribution < -0.4 is 26.0 Å². The van der Waals surface area contributed by atoms with Gasteiger partial charge in [-0.2, -0.15) is 0 Å². The molecular weight excluding hydrogens is 1170 g/mol. The fourth-order valence-electron chi connectivity index (χ4n) is 13.9. The van der Waals surface area contributed by atoms with E-state index in [9.17, 15) is 14.9 Å². The Kier molecular flexibility index (Phi) is 17.5. The summed E-state index contributed by atoms with van der Waals surface area (Å²) in [5.74, 6) is 0. The minimum atomic E-state index is -0.344. The summed E-state index contributed by atoms with van der Waals surface area (Å²) in [6.07, 6.45) is 9.99. The molecule has 0 radical (unpaired) electrons. The van der Waals surface area contributed by atoms with Crippen LogP contribution in [0.1, 0.15) is 164 Å². The highest BCUT2D eigenvalue weighted by molar-refractivity contribution is 7.22. The second-order valence-electron chi connectivity index (χ2n) is 28.8. The Bertz CT molecular complexity index is 4440. The van der Waals surface area contributed by atoms with Crippen molar-refractivity contribution in [3.8, 4) is 27.2 Å². The van der Waals surface area contributed by atoms with Crippen LogP contribution in [0.5, 0.6) is 0 Å². The zero-order valence-corrected chi connectivity index (χ0v) is 56.2. The van der Waals surface area contributed by atoms with E-state index >= 15 is 0 Å². The van der Waals surface area contributed by atoms with Crippen molar-refractivity contribution in [1.29, 1.82) is 5.26 Å². The number of benzene rings is 5. The fraction of sp³-hybridized carbons (Fsp3) is 0.429. The minimum Gasteiger partial charge on any atom is -0.422 e. The second kappa shape index (κ2) is 24.6. The SMILES string of the molecule is C.CC1(C)CCN2CCC(C)(C)c3c2c1cc1cc(-c2nc4ccccc4s2)c(=O)oc31.CCN(CC)c1ccc2cc(-c3nc4ccccc4s3)c(=O)oc2c1.[C-]#[N+]/C(C#N)=C1/CC(/C=C/c2cc3c4c(c2)C(C)(C)CCN4CCC3(C)C)OC(C(C)(C)C)C1. The molecule has 4 aromatic heterocycles. The number of para-hydroxylation sites is 2. The standard InChI is InChI=1S/C30H39N3O.C26H26N2O2S.C20H18N2O2S.CH4/c1-28(2,3)26-18-21(25(19-31)32-8)17-22(34-26)10-9-20-15-23-27-24(16-20)30(6,7)12-14-33(27)13-11-29(23,4)5;1-25(2)9-11-28-12-10-26(3,4)20-21(28)17(25)14-15-13-16(24(29)30-22(15)20)23-27-18-7-5-6-8-19(18)31-23;1-3-22(4-2)14-10-9-13-11-15(20(23)24-17(13)12-14)19-21-16-7-5-6-8-18(16)25-19;/h9-10,15-16,22,26H,11-14,17-18H2,1-7H3;5-8,13-14H,9-12H2,1-4H3;5-12H,3-4H2,1-2H3;1H4/b10-9+,25-21-;;;. The molecule has 0 bridgehead atoms. The predicted octanol–water partition coefficient (Wildman–Crippen LogP) is 19.0. The average molecular weight is 1250 g/mol. The van der Waals surface area contributed by atoms with E-state index in [1.165, 1.54) is 63.4 Å². The number of fused-ring (bicyclic) bond motifs is 5. The number of allylic oxidation sites excluding steroid dienone is 1. The van der Waals surface area contributed by atoms with Gasteiger partial charge in [-0.25, -0.2) is 29.7 Å². The molecule has 9 aromatic rings. The number of nitrogens with zero attached hydrogens (tertiary/aromatic N) is 7. The van der Waals surface area contributed by atoms with Crippen LogP contribution in [0.15, 0.2) is 133 Å². The maximum Gasteiger partial charge on any atom is 0.346 e. The van der Waals surface area contributed by atoms with Crippen molar-refractivity contribution in [3.63, 3.8) is 0 Å². The molecule has 0 saturated carbocycles. The third-order valence-electron chi connectivity index (χ3n) is 19.8. The van der Waals surface area contributed by atoms with Crippen molar-refractivity contribution in [2.24, 2.45) is 5.41 Å². The lowest BCUT2D eigenvalue weighted by molar-refractivity contribution is -0.0630. The van der Waals surface area contributed by atoms with Gasteiger partial charge in [0.2, 0.25) is 0 Å². The van der Waals surface area contributed by atoms with E-state index in [-0.39, 0.29) is 63.7 Å². The van der Waals surface area contributed by atoms with Gasteiger partial charge in [0.15, 0.2) is 0 Å². The molecule has 0 N–H and O–H groups in total. The lowest BCUT2D eigenvalue weighted by atomic mass is 9.69. The molecular formula is C77H87N7O5S2. The summed E-state index contributed by atoms with van der Waals surface area (Å²) >= 11 is 3.05. The van der Waals surface area contributed by atoms with E-state index in [4.69, 9.17) is 25.1 Å². The number of nitriles is 1. The third-order valence-corrected chi connectivity index (χ3v) is 21.9. The molecule has 0 aliphatic carbocycles. The summed E-state index contributed by atoms with van der Waals surface area (Å²) in [7, 11) is 0. The van der Waals surface area contributed by atoms with Crippen LogP contribution in [0.2, 0.25) is 0 Å². The van der Waals surface area contributed by atoms with E-state index in [2.05, 4.69) is 157 Å². The van der Waals surface area contributed by atoms with Crippen molar-refractivity contribution in [2.45, 2.75) is 170 Å². The summed E-state index contributed by atoms with van der Waals surface area (Å²) in [5.41, 5.74) is 15.6. The molecule has 9 heterocycles. The largest absolute Gasteiger partial charge is 0.422 e. The lowest BCUT2D eigenvalue weighted by Gasteiger charge is -2.48. The van der Waals surface area contributed by atoms with Crippen LogP contribution in [0.3, 0.4) is 0 Å². The molecule has 472 valence electrons. The number of aromatic nitrogens is 2. The van der Waals surface area contributed by atoms with Crippen molar-refractivity contribution < 1.29 is 13.6 Å². The van der Waals surface area contributed by atoms with Gasteiger partial charge in [0.05, 0.1) is 56.4 Å². The van der Waals surface area contributed by atoms with E-state index in [1.54, 1.807) is 11.3 Å². The Morgan fingerprint density at radius 1 is 0.692 bits per heavy atom. The van der Waals surface area contributed by atoms with E-state index in [0.717, 1.165) is 105 Å². The van der Waals surface area contributed by atoms with Gasteiger partial charge in [0.25, 0.3) is 5.70 Å². The molecule has 14 heteroatoms. The number of ether oxygens (including phenoxy) is 1. The first-order valence-electron chi connectivity index (χ1n) is 32.0. The molecule has 12 nitrogen and oxygen atoms in total. The highest BCUT2D eigenvalue weighted by Crippen LogP contribution is 2.53.